The molecule has 0 aromatic carbocycles. The summed E-state index contributed by atoms with van der Waals surface area (Å²) in [5.41, 5.74) is 0. The van der Waals surface area contributed by atoms with Crippen molar-refractivity contribution in [2.24, 2.45) is 0 Å². The van der Waals surface area contributed by atoms with Crippen molar-refractivity contribution < 1.29 is 13.2 Å². The fourth-order valence-corrected chi connectivity index (χ4v) is 2.80. The van der Waals surface area contributed by atoms with Crippen molar-refractivity contribution in [2.75, 3.05) is 26.1 Å². The number of anilines is 1. The first kappa shape index (κ1) is 13.9. The van der Waals surface area contributed by atoms with Crippen LogP contribution in [0.25, 0.3) is 0 Å². The molecule has 6 nitrogen and oxygen atoms in total. The molecule has 1 atom stereocenters. The maximum absolute atomic E-state index is 12.1. The molecule has 0 radical (unpaired) electrons. The van der Waals surface area contributed by atoms with E-state index in [9.17, 15) is 8.42 Å². The van der Waals surface area contributed by atoms with Gasteiger partial charge in [-0.25, -0.2) is 18.1 Å². The van der Waals surface area contributed by atoms with E-state index in [2.05, 4.69) is 15.0 Å². The van der Waals surface area contributed by atoms with E-state index in [-0.39, 0.29) is 10.9 Å². The lowest BCUT2D eigenvalue weighted by Crippen LogP contribution is -2.35. The monoisotopic (exact) mass is 259 g/mol. The Morgan fingerprint density at radius 1 is 1.53 bits per heavy atom. The lowest BCUT2D eigenvalue weighted by atomic mass is 10.4. The number of nitrogens with zero attached hydrogens (tertiary/aromatic N) is 1. The van der Waals surface area contributed by atoms with Crippen LogP contribution in [-0.2, 0) is 14.8 Å². The standard InChI is InChI=1S/C10H17N3O3S/c1-8(7-16-3)13-17(14,15)9-5-4-6-12-10(9)11-2/h4-6,8,13H,7H2,1-3H3,(H,11,12). The predicted molar refractivity (Wildman–Crippen MR) is 65.4 cm³/mol. The normalized spacial score (nSPS) is 13.4. The lowest BCUT2D eigenvalue weighted by molar-refractivity contribution is 0.180. The molecule has 1 aromatic rings. The van der Waals surface area contributed by atoms with Crippen LogP contribution < -0.4 is 10.0 Å². The van der Waals surface area contributed by atoms with Crippen molar-refractivity contribution in [3.63, 3.8) is 0 Å². The van der Waals surface area contributed by atoms with Crippen LogP contribution in [0.4, 0.5) is 5.82 Å². The summed E-state index contributed by atoms with van der Waals surface area (Å²) in [6.07, 6.45) is 1.53. The summed E-state index contributed by atoms with van der Waals surface area (Å²) in [5, 5.41) is 2.75. The van der Waals surface area contributed by atoms with Crippen LogP contribution in [0, 0.1) is 0 Å². The molecule has 0 aliphatic rings. The molecule has 0 saturated carbocycles. The van der Waals surface area contributed by atoms with Crippen molar-refractivity contribution >= 4 is 15.8 Å². The van der Waals surface area contributed by atoms with E-state index >= 15 is 0 Å². The molecule has 0 aliphatic carbocycles. The molecule has 0 spiro atoms. The van der Waals surface area contributed by atoms with Gasteiger partial charge in [-0.3, -0.25) is 0 Å². The minimum Gasteiger partial charge on any atom is -0.383 e. The van der Waals surface area contributed by atoms with Gasteiger partial charge in [-0.1, -0.05) is 0 Å². The third-order valence-electron chi connectivity index (χ3n) is 2.07. The molecule has 1 unspecified atom stereocenters. The van der Waals surface area contributed by atoms with Crippen molar-refractivity contribution in [3.8, 4) is 0 Å². The van der Waals surface area contributed by atoms with Crippen LogP contribution in [0.5, 0.6) is 0 Å². The third kappa shape index (κ3) is 3.65. The van der Waals surface area contributed by atoms with Crippen LogP contribution >= 0.6 is 0 Å². The van der Waals surface area contributed by atoms with Crippen LogP contribution in [0.1, 0.15) is 6.92 Å². The van der Waals surface area contributed by atoms with E-state index in [1.165, 1.54) is 19.4 Å². The molecule has 0 amide bonds. The Kier molecular flexibility index (Phi) is 4.86. The molecule has 7 heteroatoms. The Morgan fingerprint density at radius 3 is 2.82 bits per heavy atom. The van der Waals surface area contributed by atoms with E-state index in [1.54, 1.807) is 20.0 Å². The molecule has 0 saturated heterocycles. The summed E-state index contributed by atoms with van der Waals surface area (Å²) in [4.78, 5) is 4.09. The van der Waals surface area contributed by atoms with Gasteiger partial charge in [-0.15, -0.1) is 0 Å². The van der Waals surface area contributed by atoms with Gasteiger partial charge >= 0.3 is 0 Å². The molecule has 1 aromatic heterocycles. The van der Waals surface area contributed by atoms with Crippen LogP contribution in [0.15, 0.2) is 23.2 Å². The number of rotatable bonds is 6. The van der Waals surface area contributed by atoms with E-state index in [1.807, 2.05) is 0 Å². The Balaban J connectivity index is 2.97. The van der Waals surface area contributed by atoms with E-state index in [0.717, 1.165) is 0 Å². The number of ether oxygens (including phenoxy) is 1. The second-order valence-corrected chi connectivity index (χ2v) is 5.26. The number of methoxy groups -OCH3 is 1. The number of pyridine rings is 1. The highest BCUT2D eigenvalue weighted by molar-refractivity contribution is 7.89. The molecule has 0 bridgehead atoms. The number of hydrogen-bond donors (Lipinski definition) is 2. The molecule has 0 aliphatic heterocycles. The van der Waals surface area contributed by atoms with Gasteiger partial charge in [0.15, 0.2) is 0 Å². The maximum Gasteiger partial charge on any atom is 0.244 e. The molecule has 96 valence electrons. The largest absolute Gasteiger partial charge is 0.383 e. The molecular weight excluding hydrogens is 242 g/mol. The number of hydrogen-bond acceptors (Lipinski definition) is 5. The molecule has 1 rings (SSSR count). The minimum absolute atomic E-state index is 0.130. The summed E-state index contributed by atoms with van der Waals surface area (Å²) >= 11 is 0. The highest BCUT2D eigenvalue weighted by Crippen LogP contribution is 2.17. The van der Waals surface area contributed by atoms with Gasteiger partial charge in [0.1, 0.15) is 10.7 Å². The average molecular weight is 259 g/mol. The smallest absolute Gasteiger partial charge is 0.244 e. The second-order valence-electron chi connectivity index (χ2n) is 3.58. The van der Waals surface area contributed by atoms with Crippen molar-refractivity contribution in [1.29, 1.82) is 0 Å². The van der Waals surface area contributed by atoms with E-state index in [0.29, 0.717) is 12.4 Å². The minimum atomic E-state index is -3.58. The summed E-state index contributed by atoms with van der Waals surface area (Å²) in [6.45, 7) is 2.05. The molecular formula is C10H17N3O3S. The zero-order chi connectivity index (χ0) is 12.9. The van der Waals surface area contributed by atoms with Crippen molar-refractivity contribution in [1.82, 2.24) is 9.71 Å². The number of aromatic nitrogens is 1. The van der Waals surface area contributed by atoms with Crippen LogP contribution in [0.3, 0.4) is 0 Å². The summed E-state index contributed by atoms with van der Waals surface area (Å²) in [6, 6.07) is 2.78. The zero-order valence-electron chi connectivity index (χ0n) is 10.1. The first-order chi connectivity index (χ1) is 8.01. The number of nitrogens with one attached hydrogen (secondary N) is 2. The molecule has 0 fully saturated rings. The summed E-state index contributed by atoms with van der Waals surface area (Å²) < 4.78 is 31.5. The molecule has 17 heavy (non-hydrogen) atoms. The van der Waals surface area contributed by atoms with Crippen LogP contribution in [-0.4, -0.2) is 40.2 Å². The van der Waals surface area contributed by atoms with Crippen molar-refractivity contribution in [3.05, 3.63) is 18.3 Å². The van der Waals surface area contributed by atoms with Crippen molar-refractivity contribution in [2.45, 2.75) is 17.9 Å². The van der Waals surface area contributed by atoms with E-state index < -0.39 is 10.0 Å². The quantitative estimate of drug-likeness (QED) is 0.774. The second kappa shape index (κ2) is 5.95. The zero-order valence-corrected chi connectivity index (χ0v) is 10.9. The van der Waals surface area contributed by atoms with Crippen LogP contribution in [0.2, 0.25) is 0 Å². The van der Waals surface area contributed by atoms with Gasteiger partial charge in [0.25, 0.3) is 0 Å². The SMILES string of the molecule is CNc1ncccc1S(=O)(=O)NC(C)COC. The maximum atomic E-state index is 12.1. The van der Waals surface area contributed by atoms with Gasteiger partial charge in [-0.2, -0.15) is 0 Å². The number of sulfonamides is 1. The van der Waals surface area contributed by atoms with E-state index in [4.69, 9.17) is 4.74 Å². The highest BCUT2D eigenvalue weighted by Gasteiger charge is 2.20. The summed E-state index contributed by atoms with van der Waals surface area (Å²) in [5.74, 6) is 0.324. The highest BCUT2D eigenvalue weighted by atomic mass is 32.2. The van der Waals surface area contributed by atoms with Gasteiger partial charge in [0, 0.05) is 26.4 Å². The topological polar surface area (TPSA) is 80.3 Å². The fourth-order valence-electron chi connectivity index (χ4n) is 1.41. The molecule has 1 heterocycles. The van der Waals surface area contributed by atoms with Gasteiger partial charge in [-0.05, 0) is 19.1 Å². The third-order valence-corrected chi connectivity index (χ3v) is 3.69. The Morgan fingerprint density at radius 2 is 2.24 bits per heavy atom. The van der Waals surface area contributed by atoms with Gasteiger partial charge < -0.3 is 10.1 Å². The van der Waals surface area contributed by atoms with Gasteiger partial charge in [0.2, 0.25) is 10.0 Å². The average Bonchev–Trinajstić information content (AvgIpc) is 2.28. The van der Waals surface area contributed by atoms with Gasteiger partial charge in [0.05, 0.1) is 6.61 Å². The fraction of sp³-hybridized carbons (Fsp3) is 0.500. The first-order valence-electron chi connectivity index (χ1n) is 5.15. The first-order valence-corrected chi connectivity index (χ1v) is 6.63. The lowest BCUT2D eigenvalue weighted by Gasteiger charge is -2.14. The molecule has 2 N–H and O–H groups in total. The Hall–Kier alpha value is -1.18. The summed E-state index contributed by atoms with van der Waals surface area (Å²) in [7, 11) is -0.433. The predicted octanol–water partition coefficient (Wildman–Crippen LogP) is 0.436. The Bertz CT molecular complexity index is 462. The Labute approximate surface area is 101 Å².